The molecule has 0 aliphatic carbocycles. The van der Waals surface area contributed by atoms with Gasteiger partial charge in [-0.25, -0.2) is 19.2 Å². The molecule has 0 amide bonds. The van der Waals surface area contributed by atoms with Crippen LogP contribution in [0.2, 0.25) is 0 Å². The molecule has 41 heavy (non-hydrogen) atoms. The van der Waals surface area contributed by atoms with Crippen molar-refractivity contribution < 1.29 is 23.8 Å². The number of carbonyl (C=O) groups is 1. The number of ether oxygens (including phenoxy) is 2. The van der Waals surface area contributed by atoms with Crippen molar-refractivity contribution in [2.75, 3.05) is 19.7 Å². The summed E-state index contributed by atoms with van der Waals surface area (Å²) >= 11 is 1.22. The fourth-order valence-electron chi connectivity index (χ4n) is 5.59. The van der Waals surface area contributed by atoms with Gasteiger partial charge in [0.25, 0.3) is 0 Å². The zero-order chi connectivity index (χ0) is 28.3. The van der Waals surface area contributed by atoms with Gasteiger partial charge < -0.3 is 19.1 Å². The molecule has 0 saturated carbocycles. The van der Waals surface area contributed by atoms with E-state index in [4.69, 9.17) is 24.7 Å². The highest BCUT2D eigenvalue weighted by Gasteiger charge is 2.26. The monoisotopic (exact) mass is 575 g/mol. The topological polar surface area (TPSA) is 114 Å². The number of hydrogen-bond acceptors (Lipinski definition) is 8. The summed E-state index contributed by atoms with van der Waals surface area (Å²) in [6.07, 6.45) is 4.04. The number of rotatable bonds is 9. The molecule has 0 unspecified atom stereocenters. The molecule has 0 bridgehead atoms. The SMILES string of the molecule is N#Cc1ccc(COc2cccc(C3CCN(Cc4nc5sc(C(=O)O)cc5n4C[C@@H]4CCCO4)CC3)n2)c(F)c1. The molecule has 5 heterocycles. The van der Waals surface area contributed by atoms with E-state index in [9.17, 15) is 14.3 Å². The number of piperidine rings is 1. The van der Waals surface area contributed by atoms with Crippen LogP contribution in [0.3, 0.4) is 0 Å². The summed E-state index contributed by atoms with van der Waals surface area (Å²) in [6.45, 7) is 3.94. The van der Waals surface area contributed by atoms with Crippen molar-refractivity contribution in [1.82, 2.24) is 19.4 Å². The molecule has 0 radical (unpaired) electrons. The molecule has 1 atom stereocenters. The fraction of sp³-hybridized carbons (Fsp3) is 0.400. The van der Waals surface area contributed by atoms with Crippen LogP contribution in [0.25, 0.3) is 10.3 Å². The van der Waals surface area contributed by atoms with Crippen LogP contribution in [0.4, 0.5) is 4.39 Å². The van der Waals surface area contributed by atoms with Crippen molar-refractivity contribution in [3.8, 4) is 11.9 Å². The lowest BCUT2D eigenvalue weighted by Gasteiger charge is -2.31. The summed E-state index contributed by atoms with van der Waals surface area (Å²) in [6, 6.07) is 13.7. The summed E-state index contributed by atoms with van der Waals surface area (Å²) < 4.78 is 28.1. The van der Waals surface area contributed by atoms with Gasteiger partial charge in [-0.05, 0) is 63.0 Å². The van der Waals surface area contributed by atoms with Crippen LogP contribution >= 0.6 is 11.3 Å². The van der Waals surface area contributed by atoms with E-state index in [1.165, 1.54) is 17.4 Å². The van der Waals surface area contributed by atoms with Crippen LogP contribution in [-0.4, -0.2) is 56.3 Å². The molecule has 2 aliphatic rings. The predicted molar refractivity (Wildman–Crippen MR) is 150 cm³/mol. The van der Waals surface area contributed by atoms with Gasteiger partial charge in [0, 0.05) is 29.8 Å². The molecular formula is C30H30FN5O4S. The van der Waals surface area contributed by atoms with Gasteiger partial charge in [0.15, 0.2) is 0 Å². The minimum Gasteiger partial charge on any atom is -0.477 e. The van der Waals surface area contributed by atoms with Gasteiger partial charge in [-0.3, -0.25) is 4.90 Å². The number of likely N-dealkylation sites (tertiary alicyclic amines) is 1. The summed E-state index contributed by atoms with van der Waals surface area (Å²) in [7, 11) is 0. The zero-order valence-corrected chi connectivity index (χ0v) is 23.3. The Morgan fingerprint density at radius 2 is 2.05 bits per heavy atom. The minimum absolute atomic E-state index is 0.0381. The second-order valence-corrected chi connectivity index (χ2v) is 11.6. The first kappa shape index (κ1) is 27.3. The molecule has 3 aromatic heterocycles. The minimum atomic E-state index is -0.926. The Bertz CT molecular complexity index is 1600. The van der Waals surface area contributed by atoms with Gasteiger partial charge in [0.1, 0.15) is 28.0 Å². The predicted octanol–water partition coefficient (Wildman–Crippen LogP) is 5.34. The number of imidazole rings is 1. The van der Waals surface area contributed by atoms with Gasteiger partial charge in [-0.2, -0.15) is 5.26 Å². The Balaban J connectivity index is 1.09. The van der Waals surface area contributed by atoms with Crippen LogP contribution in [0.15, 0.2) is 42.5 Å². The Labute approximate surface area is 240 Å². The molecule has 2 aliphatic heterocycles. The fourth-order valence-corrected chi connectivity index (χ4v) is 6.49. The Kier molecular flexibility index (Phi) is 7.96. The Morgan fingerprint density at radius 3 is 2.78 bits per heavy atom. The number of nitrogens with zero attached hydrogens (tertiary/aromatic N) is 5. The molecule has 11 heteroatoms. The van der Waals surface area contributed by atoms with E-state index in [1.807, 2.05) is 18.2 Å². The van der Waals surface area contributed by atoms with E-state index in [0.29, 0.717) is 29.4 Å². The Hall–Kier alpha value is -3.85. The van der Waals surface area contributed by atoms with E-state index in [1.54, 1.807) is 24.3 Å². The summed E-state index contributed by atoms with van der Waals surface area (Å²) in [5, 5.41) is 18.4. The number of carboxylic acids is 1. The number of aromatic carboxylic acids is 1. The third-order valence-corrected chi connectivity index (χ3v) is 8.83. The molecule has 2 fully saturated rings. The number of aromatic nitrogens is 3. The second kappa shape index (κ2) is 11.9. The first-order valence-electron chi connectivity index (χ1n) is 13.8. The number of pyridine rings is 1. The normalized spacial score (nSPS) is 18.1. The van der Waals surface area contributed by atoms with Gasteiger partial charge in [0.05, 0.1) is 36.3 Å². The quantitative estimate of drug-likeness (QED) is 0.285. The maximum Gasteiger partial charge on any atom is 0.346 e. The highest BCUT2D eigenvalue weighted by Crippen LogP contribution is 2.31. The largest absolute Gasteiger partial charge is 0.477 e. The highest BCUT2D eigenvalue weighted by atomic mass is 32.1. The van der Waals surface area contributed by atoms with Crippen LogP contribution in [0.1, 0.15) is 63.9 Å². The smallest absolute Gasteiger partial charge is 0.346 e. The van der Waals surface area contributed by atoms with E-state index >= 15 is 0 Å². The van der Waals surface area contributed by atoms with Gasteiger partial charge in [-0.1, -0.05) is 12.1 Å². The van der Waals surface area contributed by atoms with Crippen molar-refractivity contribution in [3.05, 3.63) is 75.8 Å². The Morgan fingerprint density at radius 1 is 1.20 bits per heavy atom. The van der Waals surface area contributed by atoms with Gasteiger partial charge in [0.2, 0.25) is 5.88 Å². The van der Waals surface area contributed by atoms with E-state index in [2.05, 4.69) is 9.47 Å². The summed E-state index contributed by atoms with van der Waals surface area (Å²) in [5.74, 6) is 0.289. The highest BCUT2D eigenvalue weighted by molar-refractivity contribution is 7.20. The average Bonchev–Trinajstić information content (AvgIpc) is 3.72. The molecule has 212 valence electrons. The molecule has 2 saturated heterocycles. The van der Waals surface area contributed by atoms with E-state index in [0.717, 1.165) is 67.2 Å². The first-order chi connectivity index (χ1) is 20.0. The van der Waals surface area contributed by atoms with Gasteiger partial charge >= 0.3 is 5.97 Å². The lowest BCUT2D eigenvalue weighted by Crippen LogP contribution is -2.34. The van der Waals surface area contributed by atoms with Crippen molar-refractivity contribution in [2.24, 2.45) is 0 Å². The number of benzene rings is 1. The van der Waals surface area contributed by atoms with Crippen molar-refractivity contribution in [3.63, 3.8) is 0 Å². The molecule has 1 N–H and O–H groups in total. The van der Waals surface area contributed by atoms with Crippen molar-refractivity contribution in [1.29, 1.82) is 5.26 Å². The average molecular weight is 576 g/mol. The van der Waals surface area contributed by atoms with Crippen LogP contribution < -0.4 is 4.74 Å². The molecule has 4 aromatic rings. The van der Waals surface area contributed by atoms with Crippen molar-refractivity contribution >= 4 is 27.7 Å². The lowest BCUT2D eigenvalue weighted by molar-refractivity contribution is 0.0702. The first-order valence-corrected chi connectivity index (χ1v) is 14.6. The number of fused-ring (bicyclic) bond motifs is 1. The molecular weight excluding hydrogens is 545 g/mol. The molecule has 1 aromatic carbocycles. The number of hydrogen-bond donors (Lipinski definition) is 1. The molecule has 6 rings (SSSR count). The zero-order valence-electron chi connectivity index (χ0n) is 22.5. The third-order valence-electron chi connectivity index (χ3n) is 7.82. The lowest BCUT2D eigenvalue weighted by atomic mass is 9.93. The maximum atomic E-state index is 14.2. The number of thiophene rings is 1. The van der Waals surface area contributed by atoms with Crippen LogP contribution in [0.5, 0.6) is 5.88 Å². The number of halogens is 1. The number of nitriles is 1. The molecule has 0 spiro atoms. The van der Waals surface area contributed by atoms with Crippen LogP contribution in [-0.2, 0) is 24.4 Å². The standard InChI is InChI=1S/C30H30FN5O4S/c31-23-13-19(15-32)6-7-21(23)18-40-28-5-1-4-24(33-28)20-8-10-35(11-9-20)17-27-34-29-25(14-26(41-29)30(37)38)36(27)16-22-3-2-12-39-22/h1,4-7,13-14,20,22H,2-3,8-12,16-18H2,(H,37,38)/t22-/m0/s1. The number of carboxylic acid groups (broad SMARTS) is 1. The maximum absolute atomic E-state index is 14.2. The second-order valence-electron chi connectivity index (χ2n) is 10.5. The van der Waals surface area contributed by atoms with E-state index < -0.39 is 11.8 Å². The van der Waals surface area contributed by atoms with Gasteiger partial charge in [-0.15, -0.1) is 11.3 Å². The molecule has 9 nitrogen and oxygen atoms in total. The summed E-state index contributed by atoms with van der Waals surface area (Å²) in [5.41, 5.74) is 2.48. The van der Waals surface area contributed by atoms with Crippen molar-refractivity contribution in [2.45, 2.75) is 57.4 Å². The summed E-state index contributed by atoms with van der Waals surface area (Å²) in [4.78, 5) is 24.5. The third kappa shape index (κ3) is 6.10. The van der Waals surface area contributed by atoms with E-state index in [-0.39, 0.29) is 24.2 Å². The van der Waals surface area contributed by atoms with Crippen LogP contribution in [0, 0.1) is 17.1 Å².